The minimum atomic E-state index is -3.82. The lowest BCUT2D eigenvalue weighted by molar-refractivity contribution is -0.117. The number of hydrogen-bond acceptors (Lipinski definition) is 3. The lowest BCUT2D eigenvalue weighted by Crippen LogP contribution is -2.41. The summed E-state index contributed by atoms with van der Waals surface area (Å²) >= 11 is 3.33. The Hall–Kier alpha value is -2.22. The van der Waals surface area contributed by atoms with Crippen molar-refractivity contribution in [3.05, 3.63) is 71.2 Å². The van der Waals surface area contributed by atoms with Crippen LogP contribution in [0.3, 0.4) is 0 Å². The maximum Gasteiger partial charge on any atom is 0.242 e. The summed E-state index contributed by atoms with van der Waals surface area (Å²) in [6.45, 7) is 1.51. The van der Waals surface area contributed by atoms with Crippen LogP contribution in [-0.2, 0) is 14.8 Å². The first-order valence-electron chi connectivity index (χ1n) is 7.93. The first-order valence-corrected chi connectivity index (χ1v) is 10.2. The number of hydrogen-bond donors (Lipinski definition) is 2. The maximum atomic E-state index is 12.6. The van der Waals surface area contributed by atoms with Gasteiger partial charge in [0.1, 0.15) is 0 Å². The summed E-state index contributed by atoms with van der Waals surface area (Å²) in [6, 6.07) is 18.5. The quantitative estimate of drug-likeness (QED) is 0.641. The third kappa shape index (κ3) is 4.30. The molecule has 3 aromatic rings. The molecule has 0 saturated carbocycles. The van der Waals surface area contributed by atoms with Gasteiger partial charge in [0.15, 0.2) is 0 Å². The Morgan fingerprint density at radius 3 is 2.42 bits per heavy atom. The van der Waals surface area contributed by atoms with Gasteiger partial charge >= 0.3 is 0 Å². The number of amides is 1. The van der Waals surface area contributed by atoms with Crippen molar-refractivity contribution in [1.82, 2.24) is 4.72 Å². The Labute approximate surface area is 160 Å². The molecule has 0 aromatic heterocycles. The molecule has 0 saturated heterocycles. The average Bonchev–Trinajstić information content (AvgIpc) is 2.61. The van der Waals surface area contributed by atoms with Crippen molar-refractivity contribution >= 4 is 48.3 Å². The van der Waals surface area contributed by atoms with Crippen LogP contribution in [-0.4, -0.2) is 20.4 Å². The molecule has 0 aliphatic rings. The second-order valence-corrected chi connectivity index (χ2v) is 8.48. The minimum Gasteiger partial charge on any atom is -0.325 e. The van der Waals surface area contributed by atoms with Crippen molar-refractivity contribution in [2.75, 3.05) is 5.32 Å². The van der Waals surface area contributed by atoms with E-state index in [1.807, 2.05) is 30.3 Å². The highest BCUT2D eigenvalue weighted by Gasteiger charge is 2.22. The summed E-state index contributed by atoms with van der Waals surface area (Å²) in [5.41, 5.74) is 0.584. The summed E-state index contributed by atoms with van der Waals surface area (Å²) < 4.78 is 28.4. The van der Waals surface area contributed by atoms with Gasteiger partial charge in [0, 0.05) is 10.2 Å². The molecule has 0 aliphatic heterocycles. The fraction of sp³-hybridized carbons (Fsp3) is 0.105. The summed E-state index contributed by atoms with van der Waals surface area (Å²) in [7, 11) is -3.82. The number of fused-ring (bicyclic) bond motifs is 1. The van der Waals surface area contributed by atoms with Gasteiger partial charge in [0.05, 0.1) is 10.9 Å². The largest absolute Gasteiger partial charge is 0.325 e. The predicted molar refractivity (Wildman–Crippen MR) is 107 cm³/mol. The number of carbonyl (C=O) groups is 1. The first-order chi connectivity index (χ1) is 12.3. The molecule has 3 aromatic carbocycles. The van der Waals surface area contributed by atoms with Crippen LogP contribution in [0.15, 0.2) is 76.1 Å². The fourth-order valence-electron chi connectivity index (χ4n) is 2.51. The van der Waals surface area contributed by atoms with E-state index >= 15 is 0 Å². The Balaban J connectivity index is 1.75. The number of sulfonamides is 1. The standard InChI is InChI=1S/C19H17BrN2O3S/c1-13(19(23)21-17-8-4-7-16(20)12-17)22-26(24,25)18-10-9-14-5-2-3-6-15(14)11-18/h2-13,22H,1H3,(H,21,23)/t13-/m1/s1. The monoisotopic (exact) mass is 432 g/mol. The maximum absolute atomic E-state index is 12.6. The number of benzene rings is 3. The van der Waals surface area contributed by atoms with E-state index in [0.29, 0.717) is 5.69 Å². The first kappa shape index (κ1) is 18.6. The molecule has 0 spiro atoms. The lowest BCUT2D eigenvalue weighted by atomic mass is 10.1. The summed E-state index contributed by atoms with van der Waals surface area (Å²) in [5.74, 6) is -0.438. The molecule has 0 aliphatic carbocycles. The SMILES string of the molecule is C[C@@H](NS(=O)(=O)c1ccc2ccccc2c1)C(=O)Nc1cccc(Br)c1. The van der Waals surface area contributed by atoms with Gasteiger partial charge < -0.3 is 5.32 Å². The zero-order valence-electron chi connectivity index (χ0n) is 13.9. The number of nitrogens with one attached hydrogen (secondary N) is 2. The Morgan fingerprint density at radius 1 is 0.962 bits per heavy atom. The zero-order valence-corrected chi connectivity index (χ0v) is 16.3. The summed E-state index contributed by atoms with van der Waals surface area (Å²) in [5, 5.41) is 4.46. The third-order valence-corrected chi connectivity index (χ3v) is 5.88. The van der Waals surface area contributed by atoms with Crippen LogP contribution in [0.4, 0.5) is 5.69 Å². The van der Waals surface area contributed by atoms with E-state index < -0.39 is 22.0 Å². The molecule has 0 bridgehead atoms. The van der Waals surface area contributed by atoms with Crippen molar-refractivity contribution in [3.63, 3.8) is 0 Å². The predicted octanol–water partition coefficient (Wildman–Crippen LogP) is 3.91. The Morgan fingerprint density at radius 2 is 1.69 bits per heavy atom. The molecular formula is C19H17BrN2O3S. The van der Waals surface area contributed by atoms with E-state index in [1.165, 1.54) is 13.0 Å². The van der Waals surface area contributed by atoms with Gasteiger partial charge in [0.2, 0.25) is 15.9 Å². The molecule has 3 rings (SSSR count). The molecule has 0 fully saturated rings. The molecule has 0 heterocycles. The van der Waals surface area contributed by atoms with Crippen LogP contribution >= 0.6 is 15.9 Å². The van der Waals surface area contributed by atoms with E-state index in [1.54, 1.807) is 30.3 Å². The van der Waals surface area contributed by atoms with Crippen LogP contribution in [0.5, 0.6) is 0 Å². The molecule has 134 valence electrons. The smallest absolute Gasteiger partial charge is 0.242 e. The Bertz CT molecular complexity index is 1070. The molecule has 7 heteroatoms. The molecule has 0 radical (unpaired) electrons. The lowest BCUT2D eigenvalue weighted by Gasteiger charge is -2.15. The number of anilines is 1. The second kappa shape index (κ2) is 7.57. The van der Waals surface area contributed by atoms with Gasteiger partial charge in [0.25, 0.3) is 0 Å². The van der Waals surface area contributed by atoms with Gasteiger partial charge in [-0.05, 0) is 48.0 Å². The molecule has 26 heavy (non-hydrogen) atoms. The normalized spacial score (nSPS) is 12.7. The van der Waals surface area contributed by atoms with Crippen molar-refractivity contribution in [2.24, 2.45) is 0 Å². The van der Waals surface area contributed by atoms with E-state index in [0.717, 1.165) is 15.2 Å². The number of rotatable bonds is 5. The van der Waals surface area contributed by atoms with Gasteiger partial charge in [-0.15, -0.1) is 0 Å². The van der Waals surface area contributed by atoms with Crippen LogP contribution in [0.25, 0.3) is 10.8 Å². The zero-order chi connectivity index (χ0) is 18.7. The molecule has 1 atom stereocenters. The molecule has 5 nitrogen and oxygen atoms in total. The summed E-state index contributed by atoms with van der Waals surface area (Å²) in [4.78, 5) is 12.4. The van der Waals surface area contributed by atoms with E-state index in [2.05, 4.69) is 26.0 Å². The highest BCUT2D eigenvalue weighted by atomic mass is 79.9. The van der Waals surface area contributed by atoms with Gasteiger partial charge in [-0.1, -0.05) is 52.3 Å². The van der Waals surface area contributed by atoms with Crippen LogP contribution in [0.2, 0.25) is 0 Å². The van der Waals surface area contributed by atoms with E-state index in [9.17, 15) is 13.2 Å². The highest BCUT2D eigenvalue weighted by molar-refractivity contribution is 9.10. The van der Waals surface area contributed by atoms with Crippen molar-refractivity contribution < 1.29 is 13.2 Å². The molecule has 2 N–H and O–H groups in total. The van der Waals surface area contributed by atoms with Crippen LogP contribution in [0, 0.1) is 0 Å². The fourth-order valence-corrected chi connectivity index (χ4v) is 4.14. The van der Waals surface area contributed by atoms with Gasteiger partial charge in [-0.2, -0.15) is 4.72 Å². The molecular weight excluding hydrogens is 416 g/mol. The van der Waals surface area contributed by atoms with E-state index in [-0.39, 0.29) is 4.90 Å². The number of carbonyl (C=O) groups excluding carboxylic acids is 1. The van der Waals surface area contributed by atoms with Crippen molar-refractivity contribution in [2.45, 2.75) is 17.9 Å². The van der Waals surface area contributed by atoms with Crippen LogP contribution in [0.1, 0.15) is 6.92 Å². The third-order valence-electron chi connectivity index (χ3n) is 3.85. The minimum absolute atomic E-state index is 0.123. The second-order valence-electron chi connectivity index (χ2n) is 5.85. The van der Waals surface area contributed by atoms with Gasteiger partial charge in [-0.3, -0.25) is 4.79 Å². The summed E-state index contributed by atoms with van der Waals surface area (Å²) in [6.07, 6.45) is 0. The highest BCUT2D eigenvalue weighted by Crippen LogP contribution is 2.19. The molecule has 0 unspecified atom stereocenters. The van der Waals surface area contributed by atoms with Crippen LogP contribution < -0.4 is 10.0 Å². The topological polar surface area (TPSA) is 75.3 Å². The molecule has 1 amide bonds. The van der Waals surface area contributed by atoms with Gasteiger partial charge in [-0.25, -0.2) is 8.42 Å². The average molecular weight is 433 g/mol. The van der Waals surface area contributed by atoms with Crippen molar-refractivity contribution in [1.29, 1.82) is 0 Å². The van der Waals surface area contributed by atoms with E-state index in [4.69, 9.17) is 0 Å². The van der Waals surface area contributed by atoms with Crippen molar-refractivity contribution in [3.8, 4) is 0 Å². The number of halogens is 1. The Kier molecular flexibility index (Phi) is 5.41.